The molecule has 0 aromatic heterocycles. The van der Waals surface area contributed by atoms with Gasteiger partial charge in [-0.25, -0.2) is 0 Å². The predicted molar refractivity (Wildman–Crippen MR) is 51.6 cm³/mol. The first-order valence-electron chi connectivity index (χ1n) is 3.63. The lowest BCUT2D eigenvalue weighted by Crippen LogP contribution is -2.22. The van der Waals surface area contributed by atoms with Crippen molar-refractivity contribution in [3.63, 3.8) is 0 Å². The number of anilines is 1. The first kappa shape index (κ1) is 10.4. The summed E-state index contributed by atoms with van der Waals surface area (Å²) in [4.78, 5) is 11.0. The average molecular weight is 213 g/mol. The third-order valence-corrected chi connectivity index (χ3v) is 1.88. The van der Waals surface area contributed by atoms with Crippen molar-refractivity contribution >= 4 is 26.9 Å². The van der Waals surface area contributed by atoms with E-state index in [1.54, 1.807) is 30.3 Å². The number of para-hydroxylation sites is 1. The van der Waals surface area contributed by atoms with Crippen LogP contribution in [0.4, 0.5) is 5.69 Å². The van der Waals surface area contributed by atoms with E-state index in [1.165, 1.54) is 0 Å². The normalized spacial score (nSPS) is 9.21. The van der Waals surface area contributed by atoms with Crippen LogP contribution in [0.15, 0.2) is 30.3 Å². The Morgan fingerprint density at radius 1 is 1.21 bits per heavy atom. The molecule has 0 unspecified atom stereocenters. The SMILES string of the molecule is O=C(Nc1ccccc1)C(O)=S(=O)=O. The van der Waals surface area contributed by atoms with Crippen LogP contribution in [-0.2, 0) is 15.1 Å². The summed E-state index contributed by atoms with van der Waals surface area (Å²) >= 11 is 0. The third-order valence-electron chi connectivity index (χ3n) is 1.38. The van der Waals surface area contributed by atoms with Gasteiger partial charge in [0.1, 0.15) is 0 Å². The van der Waals surface area contributed by atoms with Crippen LogP contribution in [0.1, 0.15) is 0 Å². The maximum Gasteiger partial charge on any atom is 0.294 e. The summed E-state index contributed by atoms with van der Waals surface area (Å²) in [6.45, 7) is 0. The average Bonchev–Trinajstić information content (AvgIpc) is 2.18. The fourth-order valence-corrected chi connectivity index (χ4v) is 0.984. The molecule has 0 heterocycles. The van der Waals surface area contributed by atoms with Crippen LogP contribution < -0.4 is 5.32 Å². The van der Waals surface area contributed by atoms with E-state index < -0.39 is 21.3 Å². The van der Waals surface area contributed by atoms with Crippen LogP contribution in [0.25, 0.3) is 0 Å². The van der Waals surface area contributed by atoms with Gasteiger partial charge in [-0.3, -0.25) is 4.79 Å². The lowest BCUT2D eigenvalue weighted by Gasteiger charge is -2.00. The van der Waals surface area contributed by atoms with Crippen LogP contribution in [0.3, 0.4) is 0 Å². The van der Waals surface area contributed by atoms with Gasteiger partial charge in [-0.15, -0.1) is 0 Å². The van der Waals surface area contributed by atoms with E-state index in [1.807, 2.05) is 0 Å². The van der Waals surface area contributed by atoms with Gasteiger partial charge >= 0.3 is 0 Å². The molecule has 1 aromatic carbocycles. The molecule has 2 N–H and O–H groups in total. The number of benzene rings is 1. The molecule has 0 spiro atoms. The molecule has 0 fully saturated rings. The van der Waals surface area contributed by atoms with Crippen LogP contribution in [0, 0.1) is 0 Å². The summed E-state index contributed by atoms with van der Waals surface area (Å²) in [7, 11) is -2.90. The highest BCUT2D eigenvalue weighted by Crippen LogP contribution is 2.04. The number of aliphatic hydroxyl groups is 1. The Balaban J connectivity index is 2.83. The van der Waals surface area contributed by atoms with E-state index >= 15 is 0 Å². The van der Waals surface area contributed by atoms with E-state index in [0.29, 0.717) is 5.69 Å². The summed E-state index contributed by atoms with van der Waals surface area (Å²) < 4.78 is 20.4. The van der Waals surface area contributed by atoms with Crippen molar-refractivity contribution < 1.29 is 18.3 Å². The quantitative estimate of drug-likeness (QED) is 0.652. The molecule has 14 heavy (non-hydrogen) atoms. The molecule has 0 radical (unpaired) electrons. The zero-order valence-electron chi connectivity index (χ0n) is 6.97. The number of aliphatic hydroxyl groups excluding tert-OH is 1. The Kier molecular flexibility index (Phi) is 3.38. The van der Waals surface area contributed by atoms with Crippen LogP contribution in [0.2, 0.25) is 0 Å². The number of carbonyl (C=O) groups is 1. The van der Waals surface area contributed by atoms with Crippen molar-refractivity contribution in [1.82, 2.24) is 0 Å². The Morgan fingerprint density at radius 3 is 2.29 bits per heavy atom. The topological polar surface area (TPSA) is 83.5 Å². The first-order valence-corrected chi connectivity index (χ1v) is 4.70. The fraction of sp³-hybridized carbons (Fsp3) is 0. The summed E-state index contributed by atoms with van der Waals surface area (Å²) in [5.74, 6) is -1.05. The van der Waals surface area contributed by atoms with E-state index in [4.69, 9.17) is 5.11 Å². The van der Waals surface area contributed by atoms with Gasteiger partial charge in [0.25, 0.3) is 21.3 Å². The lowest BCUT2D eigenvalue weighted by molar-refractivity contribution is -0.111. The molecule has 0 aliphatic rings. The molecule has 74 valence electrons. The molecule has 5 nitrogen and oxygen atoms in total. The second-order valence-corrected chi connectivity index (χ2v) is 3.22. The molecule has 1 amide bonds. The number of amides is 1. The van der Waals surface area contributed by atoms with Crippen molar-refractivity contribution in [2.24, 2.45) is 0 Å². The molecule has 1 aromatic rings. The highest BCUT2D eigenvalue weighted by Gasteiger charge is 2.09. The lowest BCUT2D eigenvalue weighted by atomic mass is 10.3. The van der Waals surface area contributed by atoms with Gasteiger partial charge in [0, 0.05) is 5.69 Å². The second kappa shape index (κ2) is 4.54. The zero-order chi connectivity index (χ0) is 10.6. The van der Waals surface area contributed by atoms with Gasteiger partial charge < -0.3 is 10.4 Å². The summed E-state index contributed by atoms with van der Waals surface area (Å²) in [6, 6.07) is 8.21. The summed E-state index contributed by atoms with van der Waals surface area (Å²) in [5, 5.41) is 9.72. The van der Waals surface area contributed by atoms with E-state index in [9.17, 15) is 13.2 Å². The van der Waals surface area contributed by atoms with Crippen molar-refractivity contribution in [2.75, 3.05) is 5.32 Å². The Labute approximate surface area is 81.5 Å². The Bertz CT molecular complexity index is 455. The van der Waals surface area contributed by atoms with E-state index in [-0.39, 0.29) is 0 Å². The minimum absolute atomic E-state index is 0.412. The van der Waals surface area contributed by atoms with Gasteiger partial charge in [-0.1, -0.05) is 18.2 Å². The molecular formula is C8H7NO4S. The number of rotatable bonds is 1. The number of hydrogen-bond donors (Lipinski definition) is 2. The predicted octanol–water partition coefficient (Wildman–Crippen LogP) is 0.192. The number of nitrogens with one attached hydrogen (secondary N) is 1. The van der Waals surface area contributed by atoms with Crippen LogP contribution in [0.5, 0.6) is 0 Å². The molecule has 6 heteroatoms. The molecule has 0 bridgehead atoms. The summed E-state index contributed by atoms with van der Waals surface area (Å²) in [6.07, 6.45) is 0. The second-order valence-electron chi connectivity index (χ2n) is 2.36. The third kappa shape index (κ3) is 2.68. The first-order chi connectivity index (χ1) is 6.61. The van der Waals surface area contributed by atoms with E-state index in [0.717, 1.165) is 0 Å². The molecule has 0 saturated carbocycles. The maximum absolute atomic E-state index is 11.0. The van der Waals surface area contributed by atoms with Gasteiger partial charge in [0.2, 0.25) is 0 Å². The molecule has 1 rings (SSSR count). The van der Waals surface area contributed by atoms with Gasteiger partial charge in [0.05, 0.1) is 0 Å². The largest absolute Gasteiger partial charge is 0.344 e. The van der Waals surface area contributed by atoms with Gasteiger partial charge in [-0.05, 0) is 12.1 Å². The van der Waals surface area contributed by atoms with Gasteiger partial charge in [-0.2, -0.15) is 8.42 Å². The molecule has 0 atom stereocenters. The monoisotopic (exact) mass is 213 g/mol. The zero-order valence-corrected chi connectivity index (χ0v) is 7.78. The molecule has 0 aliphatic carbocycles. The minimum atomic E-state index is -2.90. The van der Waals surface area contributed by atoms with Crippen molar-refractivity contribution in [3.05, 3.63) is 30.3 Å². The van der Waals surface area contributed by atoms with Crippen molar-refractivity contribution in [1.29, 1.82) is 0 Å². The standard InChI is InChI=1S/C8H7NO4S/c10-7(8(11)14(12)13)9-6-4-2-1-3-5-6/h1-5,11H,(H,9,10). The van der Waals surface area contributed by atoms with Crippen molar-refractivity contribution in [3.8, 4) is 0 Å². The fourth-order valence-electron chi connectivity index (χ4n) is 0.782. The maximum atomic E-state index is 11.0. The number of carbonyl (C=O) groups excluding carboxylic acids is 1. The minimum Gasteiger partial charge on any atom is -0.344 e. The number of hydrogen-bond acceptors (Lipinski definition) is 3. The van der Waals surface area contributed by atoms with E-state index in [2.05, 4.69) is 5.32 Å². The Morgan fingerprint density at radius 2 is 1.79 bits per heavy atom. The smallest absolute Gasteiger partial charge is 0.294 e. The highest BCUT2D eigenvalue weighted by molar-refractivity contribution is 7.74. The molecule has 0 aliphatic heterocycles. The van der Waals surface area contributed by atoms with Crippen LogP contribution in [-0.4, -0.2) is 24.5 Å². The van der Waals surface area contributed by atoms with Crippen LogP contribution >= 0.6 is 0 Å². The molecular weight excluding hydrogens is 206 g/mol. The molecule has 0 saturated heterocycles. The highest BCUT2D eigenvalue weighted by atomic mass is 32.2. The van der Waals surface area contributed by atoms with Gasteiger partial charge in [0.15, 0.2) is 0 Å². The Hall–Kier alpha value is -1.66. The van der Waals surface area contributed by atoms with Crippen molar-refractivity contribution in [2.45, 2.75) is 0 Å². The summed E-state index contributed by atoms with van der Waals surface area (Å²) in [5.41, 5.74) is 0.412.